The molecule has 0 saturated carbocycles. The van der Waals surface area contributed by atoms with E-state index in [0.717, 1.165) is 11.1 Å². The van der Waals surface area contributed by atoms with Gasteiger partial charge in [-0.1, -0.05) is 49.1 Å². The van der Waals surface area contributed by atoms with Crippen LogP contribution in [0.25, 0.3) is 6.08 Å². The molecular formula is C25H24N2O3. The van der Waals surface area contributed by atoms with E-state index in [9.17, 15) is 4.79 Å². The maximum Gasteiger partial charge on any atom is 0.343 e. The Morgan fingerprint density at radius 3 is 2.40 bits per heavy atom. The van der Waals surface area contributed by atoms with Crippen LogP contribution in [0.4, 0.5) is 11.4 Å². The van der Waals surface area contributed by atoms with Gasteiger partial charge in [0.1, 0.15) is 11.5 Å². The van der Waals surface area contributed by atoms with Crippen molar-refractivity contribution in [3.63, 3.8) is 0 Å². The lowest BCUT2D eigenvalue weighted by molar-refractivity contribution is 0.0734. The molecule has 0 atom stereocenters. The van der Waals surface area contributed by atoms with Crippen LogP contribution in [0.3, 0.4) is 0 Å². The van der Waals surface area contributed by atoms with Crippen molar-refractivity contribution in [1.29, 1.82) is 0 Å². The summed E-state index contributed by atoms with van der Waals surface area (Å²) >= 11 is 0. The maximum absolute atomic E-state index is 12.1. The lowest BCUT2D eigenvalue weighted by atomic mass is 10.1. The minimum atomic E-state index is -0.387. The number of nitrogen functional groups attached to an aromatic ring is 2. The number of ether oxygens (including phenoxy) is 2. The number of nitrogens with two attached hydrogens (primary N) is 2. The third-order valence-corrected chi connectivity index (χ3v) is 4.39. The van der Waals surface area contributed by atoms with Crippen LogP contribution in [0, 0.1) is 0 Å². The molecule has 0 amide bonds. The van der Waals surface area contributed by atoms with Gasteiger partial charge in [-0.3, -0.25) is 0 Å². The molecule has 3 aromatic carbocycles. The second-order valence-electron chi connectivity index (χ2n) is 6.68. The number of rotatable bonds is 8. The molecule has 0 unspecified atom stereocenters. The maximum atomic E-state index is 12.1. The second-order valence-corrected chi connectivity index (χ2v) is 6.68. The Morgan fingerprint density at radius 2 is 1.70 bits per heavy atom. The van der Waals surface area contributed by atoms with Crippen LogP contribution in [0.1, 0.15) is 21.5 Å². The number of anilines is 2. The fourth-order valence-corrected chi connectivity index (χ4v) is 2.76. The van der Waals surface area contributed by atoms with Crippen LogP contribution >= 0.6 is 0 Å². The number of benzene rings is 3. The highest BCUT2D eigenvalue weighted by Crippen LogP contribution is 2.18. The van der Waals surface area contributed by atoms with Gasteiger partial charge in [0, 0.05) is 17.8 Å². The predicted molar refractivity (Wildman–Crippen MR) is 121 cm³/mol. The largest absolute Gasteiger partial charge is 0.494 e. The van der Waals surface area contributed by atoms with Gasteiger partial charge >= 0.3 is 5.97 Å². The fraction of sp³-hybridized carbons (Fsp3) is 0.0800. The highest BCUT2D eigenvalue weighted by molar-refractivity contribution is 5.90. The first-order chi connectivity index (χ1) is 14.5. The monoisotopic (exact) mass is 400 g/mol. The van der Waals surface area contributed by atoms with Crippen molar-refractivity contribution in [1.82, 2.24) is 0 Å². The Kier molecular flexibility index (Phi) is 6.90. The topological polar surface area (TPSA) is 87.6 Å². The van der Waals surface area contributed by atoms with E-state index in [2.05, 4.69) is 6.58 Å². The van der Waals surface area contributed by atoms with Gasteiger partial charge in [0.2, 0.25) is 0 Å². The quantitative estimate of drug-likeness (QED) is 0.185. The summed E-state index contributed by atoms with van der Waals surface area (Å²) in [6.07, 6.45) is 4.33. The van der Waals surface area contributed by atoms with E-state index in [4.69, 9.17) is 20.9 Å². The number of esters is 1. The Balaban J connectivity index is 1.47. The van der Waals surface area contributed by atoms with E-state index in [0.29, 0.717) is 41.5 Å². The number of carbonyl (C=O) groups excluding carboxylic acids is 1. The average molecular weight is 400 g/mol. The first kappa shape index (κ1) is 20.7. The van der Waals surface area contributed by atoms with E-state index in [-0.39, 0.29) is 5.97 Å². The van der Waals surface area contributed by atoms with Crippen LogP contribution in [0.2, 0.25) is 0 Å². The van der Waals surface area contributed by atoms with Crippen molar-refractivity contribution in [2.75, 3.05) is 18.1 Å². The Hall–Kier alpha value is -3.99. The number of hydrogen-bond acceptors (Lipinski definition) is 5. The lowest BCUT2D eigenvalue weighted by Gasteiger charge is -2.08. The zero-order chi connectivity index (χ0) is 21.3. The highest BCUT2D eigenvalue weighted by Gasteiger charge is 2.07. The van der Waals surface area contributed by atoms with Crippen LogP contribution in [0.15, 0.2) is 91.2 Å². The third-order valence-electron chi connectivity index (χ3n) is 4.39. The molecule has 0 bridgehead atoms. The normalized spacial score (nSPS) is 10.7. The summed E-state index contributed by atoms with van der Waals surface area (Å²) in [5.74, 6) is 0.642. The van der Waals surface area contributed by atoms with Crippen molar-refractivity contribution in [2.24, 2.45) is 0 Å². The molecule has 5 heteroatoms. The van der Waals surface area contributed by atoms with Crippen molar-refractivity contribution >= 4 is 23.4 Å². The number of carbonyl (C=O) groups is 1. The van der Waals surface area contributed by atoms with Crippen LogP contribution in [-0.2, 0) is 11.2 Å². The molecule has 152 valence electrons. The van der Waals surface area contributed by atoms with Gasteiger partial charge in [0.25, 0.3) is 0 Å². The van der Waals surface area contributed by atoms with Crippen molar-refractivity contribution in [2.45, 2.75) is 6.42 Å². The summed E-state index contributed by atoms with van der Waals surface area (Å²) in [7, 11) is 0. The molecule has 0 radical (unpaired) electrons. The van der Waals surface area contributed by atoms with E-state index >= 15 is 0 Å². The molecule has 0 fully saturated rings. The van der Waals surface area contributed by atoms with Crippen molar-refractivity contribution < 1.29 is 14.3 Å². The Bertz CT molecular complexity index is 1040. The minimum Gasteiger partial charge on any atom is -0.494 e. The zero-order valence-corrected chi connectivity index (χ0v) is 16.6. The predicted octanol–water partition coefficient (Wildman–Crippen LogP) is 4.86. The van der Waals surface area contributed by atoms with E-state index in [1.165, 1.54) is 0 Å². The molecule has 5 nitrogen and oxygen atoms in total. The molecule has 3 rings (SSSR count). The van der Waals surface area contributed by atoms with Gasteiger partial charge in [-0.15, -0.1) is 0 Å². The molecular weight excluding hydrogens is 376 g/mol. The first-order valence-corrected chi connectivity index (χ1v) is 9.52. The lowest BCUT2D eigenvalue weighted by Crippen LogP contribution is -2.07. The molecule has 0 aliphatic heterocycles. The Labute approximate surface area is 176 Å². The van der Waals surface area contributed by atoms with Crippen molar-refractivity contribution in [3.05, 3.63) is 108 Å². The second kappa shape index (κ2) is 9.98. The standard InChI is InChI=1S/C25H24N2O3/c1-18(29-16-15-20-11-12-22(26)17-24(20)27)7-8-19-9-13-23(14-10-19)30-25(28)21-5-3-2-4-6-21/h2-14,17H,1,15-16,26-27H2/b8-7+. The van der Waals surface area contributed by atoms with Crippen LogP contribution < -0.4 is 16.2 Å². The molecule has 30 heavy (non-hydrogen) atoms. The number of allylic oxidation sites excluding steroid dienone is 1. The molecule has 4 N–H and O–H groups in total. The SMILES string of the molecule is C=C(/C=C/c1ccc(OC(=O)c2ccccc2)cc1)OCCc1ccc(N)cc1N. The van der Waals surface area contributed by atoms with Gasteiger partial charge in [-0.25, -0.2) is 4.79 Å². The average Bonchev–Trinajstić information content (AvgIpc) is 2.75. The molecule has 3 aromatic rings. The van der Waals surface area contributed by atoms with Gasteiger partial charge in [0.15, 0.2) is 0 Å². The van der Waals surface area contributed by atoms with Crippen LogP contribution in [-0.4, -0.2) is 12.6 Å². The van der Waals surface area contributed by atoms with E-state index in [1.54, 1.807) is 48.5 Å². The molecule has 0 aromatic heterocycles. The fourth-order valence-electron chi connectivity index (χ4n) is 2.76. The Morgan fingerprint density at radius 1 is 0.967 bits per heavy atom. The summed E-state index contributed by atoms with van der Waals surface area (Å²) in [4.78, 5) is 12.1. The van der Waals surface area contributed by atoms with Gasteiger partial charge in [0.05, 0.1) is 12.2 Å². The first-order valence-electron chi connectivity index (χ1n) is 9.52. The zero-order valence-electron chi connectivity index (χ0n) is 16.6. The molecule has 0 aliphatic rings. The van der Waals surface area contributed by atoms with Crippen molar-refractivity contribution in [3.8, 4) is 5.75 Å². The summed E-state index contributed by atoms with van der Waals surface area (Å²) in [6.45, 7) is 4.36. The summed E-state index contributed by atoms with van der Waals surface area (Å²) < 4.78 is 11.0. The molecule has 0 aliphatic carbocycles. The van der Waals surface area contributed by atoms with Crippen LogP contribution in [0.5, 0.6) is 5.75 Å². The summed E-state index contributed by atoms with van der Waals surface area (Å²) in [5, 5.41) is 0. The minimum absolute atomic E-state index is 0.387. The number of hydrogen-bond donors (Lipinski definition) is 2. The third kappa shape index (κ3) is 6.01. The van der Waals surface area contributed by atoms with E-state index < -0.39 is 0 Å². The van der Waals surface area contributed by atoms with Gasteiger partial charge in [-0.2, -0.15) is 0 Å². The highest BCUT2D eigenvalue weighted by atomic mass is 16.5. The van der Waals surface area contributed by atoms with Gasteiger partial charge < -0.3 is 20.9 Å². The van der Waals surface area contributed by atoms with E-state index in [1.807, 2.05) is 36.4 Å². The summed E-state index contributed by atoms with van der Waals surface area (Å²) in [6, 6.07) is 21.5. The summed E-state index contributed by atoms with van der Waals surface area (Å²) in [5.41, 5.74) is 15.4. The van der Waals surface area contributed by atoms with Gasteiger partial charge in [-0.05, 0) is 53.6 Å². The molecule has 0 spiro atoms. The molecule has 0 saturated heterocycles. The smallest absolute Gasteiger partial charge is 0.343 e. The molecule has 0 heterocycles.